The number of carbonyl (C=O) groups excluding carboxylic acids is 2. The fourth-order valence-corrected chi connectivity index (χ4v) is 5.41. The van der Waals surface area contributed by atoms with Crippen molar-refractivity contribution in [2.75, 3.05) is 11.9 Å². The lowest BCUT2D eigenvalue weighted by molar-refractivity contribution is -0.118. The summed E-state index contributed by atoms with van der Waals surface area (Å²) < 4.78 is 41.0. The number of amides is 2. The van der Waals surface area contributed by atoms with Gasteiger partial charge in [-0.05, 0) is 54.8 Å². The van der Waals surface area contributed by atoms with Gasteiger partial charge in [0.15, 0.2) is 0 Å². The van der Waals surface area contributed by atoms with Gasteiger partial charge in [-0.2, -0.15) is 4.31 Å². The third-order valence-corrected chi connectivity index (χ3v) is 7.23. The summed E-state index contributed by atoms with van der Waals surface area (Å²) in [5, 5.41) is 2.70. The minimum Gasteiger partial charge on any atom is -0.369 e. The molecule has 0 aliphatic heterocycles. The smallest absolute Gasteiger partial charge is 0.243 e. The van der Waals surface area contributed by atoms with Crippen LogP contribution in [0, 0.1) is 5.82 Å². The number of nitrogens with zero attached hydrogens (tertiary/aromatic N) is 1. The Bertz CT molecular complexity index is 1020. The molecule has 0 bridgehead atoms. The Labute approximate surface area is 181 Å². The SMILES string of the molecule is NC(=O)Cc1ccc(NC(=O)CN(C2CCCCC2)S(=O)(=O)c2ccc(F)cc2)cc1. The topological polar surface area (TPSA) is 110 Å². The monoisotopic (exact) mass is 447 g/mol. The summed E-state index contributed by atoms with van der Waals surface area (Å²) in [5.41, 5.74) is 6.38. The number of carbonyl (C=O) groups is 2. The largest absolute Gasteiger partial charge is 0.369 e. The van der Waals surface area contributed by atoms with Crippen LogP contribution < -0.4 is 11.1 Å². The molecule has 9 heteroatoms. The predicted molar refractivity (Wildman–Crippen MR) is 115 cm³/mol. The summed E-state index contributed by atoms with van der Waals surface area (Å²) in [6, 6.07) is 11.0. The molecule has 7 nitrogen and oxygen atoms in total. The molecule has 0 aromatic heterocycles. The van der Waals surface area contributed by atoms with Gasteiger partial charge in [-0.15, -0.1) is 0 Å². The highest BCUT2D eigenvalue weighted by Crippen LogP contribution is 2.28. The molecule has 0 unspecified atom stereocenters. The van der Waals surface area contributed by atoms with Gasteiger partial charge >= 0.3 is 0 Å². The molecular weight excluding hydrogens is 421 g/mol. The molecule has 1 fully saturated rings. The van der Waals surface area contributed by atoms with Crippen molar-refractivity contribution >= 4 is 27.5 Å². The molecule has 0 radical (unpaired) electrons. The number of nitrogens with one attached hydrogen (secondary N) is 1. The Kier molecular flexibility index (Phi) is 7.40. The molecule has 166 valence electrons. The second-order valence-electron chi connectivity index (χ2n) is 7.68. The van der Waals surface area contributed by atoms with Crippen LogP contribution in [0.25, 0.3) is 0 Å². The molecule has 3 N–H and O–H groups in total. The van der Waals surface area contributed by atoms with Gasteiger partial charge in [0.25, 0.3) is 0 Å². The van der Waals surface area contributed by atoms with Crippen molar-refractivity contribution in [1.82, 2.24) is 4.31 Å². The van der Waals surface area contributed by atoms with Gasteiger partial charge in [-0.3, -0.25) is 9.59 Å². The number of sulfonamides is 1. The molecule has 0 saturated heterocycles. The number of benzene rings is 2. The van der Waals surface area contributed by atoms with E-state index in [1.54, 1.807) is 24.3 Å². The zero-order valence-corrected chi connectivity index (χ0v) is 17.9. The van der Waals surface area contributed by atoms with E-state index in [-0.39, 0.29) is 23.9 Å². The zero-order valence-electron chi connectivity index (χ0n) is 17.1. The number of hydrogen-bond donors (Lipinski definition) is 2. The maximum Gasteiger partial charge on any atom is 0.243 e. The Morgan fingerprint density at radius 2 is 1.61 bits per heavy atom. The minimum atomic E-state index is -3.97. The van der Waals surface area contributed by atoms with Gasteiger partial charge in [-0.25, -0.2) is 12.8 Å². The lowest BCUT2D eigenvalue weighted by Crippen LogP contribution is -2.45. The van der Waals surface area contributed by atoms with E-state index < -0.39 is 27.7 Å². The Hall–Kier alpha value is -2.78. The Balaban J connectivity index is 1.77. The quantitative estimate of drug-likeness (QED) is 0.648. The summed E-state index contributed by atoms with van der Waals surface area (Å²) in [6.45, 7) is -0.340. The first-order valence-corrected chi connectivity index (χ1v) is 11.6. The van der Waals surface area contributed by atoms with Crippen molar-refractivity contribution in [2.45, 2.75) is 49.5 Å². The van der Waals surface area contributed by atoms with E-state index in [1.165, 1.54) is 16.4 Å². The molecule has 2 aromatic rings. The molecule has 1 aliphatic carbocycles. The number of halogens is 1. The number of anilines is 1. The third-order valence-electron chi connectivity index (χ3n) is 5.32. The van der Waals surface area contributed by atoms with E-state index in [1.807, 2.05) is 0 Å². The number of hydrogen-bond acceptors (Lipinski definition) is 4. The molecule has 1 aliphatic rings. The lowest BCUT2D eigenvalue weighted by atomic mass is 9.95. The van der Waals surface area contributed by atoms with E-state index >= 15 is 0 Å². The van der Waals surface area contributed by atoms with Crippen LogP contribution >= 0.6 is 0 Å². The summed E-state index contributed by atoms with van der Waals surface area (Å²) in [7, 11) is -3.97. The van der Waals surface area contributed by atoms with Crippen LogP contribution in [0.1, 0.15) is 37.7 Å². The van der Waals surface area contributed by atoms with Gasteiger partial charge in [0.2, 0.25) is 21.8 Å². The highest BCUT2D eigenvalue weighted by molar-refractivity contribution is 7.89. The summed E-state index contributed by atoms with van der Waals surface area (Å²) in [6.07, 6.45) is 4.27. The van der Waals surface area contributed by atoms with Crippen LogP contribution in [0.2, 0.25) is 0 Å². The van der Waals surface area contributed by atoms with Crippen LogP contribution in [0.3, 0.4) is 0 Å². The van der Waals surface area contributed by atoms with Gasteiger partial charge in [-0.1, -0.05) is 31.4 Å². The van der Waals surface area contributed by atoms with E-state index in [0.717, 1.165) is 31.4 Å². The van der Waals surface area contributed by atoms with Crippen molar-refractivity contribution in [2.24, 2.45) is 5.73 Å². The molecular formula is C22H26FN3O4S. The maximum absolute atomic E-state index is 13.3. The summed E-state index contributed by atoms with van der Waals surface area (Å²) in [4.78, 5) is 23.7. The third kappa shape index (κ3) is 6.11. The Morgan fingerprint density at radius 1 is 1.00 bits per heavy atom. The first-order valence-electron chi connectivity index (χ1n) is 10.2. The van der Waals surface area contributed by atoms with Gasteiger partial charge < -0.3 is 11.1 Å². The normalized spacial score (nSPS) is 15.0. The molecule has 0 heterocycles. The van der Waals surface area contributed by atoms with Crippen molar-refractivity contribution in [1.29, 1.82) is 0 Å². The van der Waals surface area contributed by atoms with E-state index in [4.69, 9.17) is 5.73 Å². The first kappa shape index (κ1) is 22.9. The van der Waals surface area contributed by atoms with Crippen molar-refractivity contribution in [3.8, 4) is 0 Å². The van der Waals surface area contributed by atoms with E-state index in [0.29, 0.717) is 24.1 Å². The van der Waals surface area contributed by atoms with Gasteiger partial charge in [0.1, 0.15) is 5.82 Å². The van der Waals surface area contributed by atoms with E-state index in [2.05, 4.69) is 5.32 Å². The van der Waals surface area contributed by atoms with E-state index in [9.17, 15) is 22.4 Å². The average molecular weight is 448 g/mol. The Morgan fingerprint density at radius 3 is 2.19 bits per heavy atom. The molecule has 0 atom stereocenters. The molecule has 2 aromatic carbocycles. The predicted octanol–water partition coefficient (Wildman–Crippen LogP) is 2.82. The second kappa shape index (κ2) is 10.0. The summed E-state index contributed by atoms with van der Waals surface area (Å²) in [5.74, 6) is -1.45. The molecule has 2 amide bonds. The zero-order chi connectivity index (χ0) is 22.4. The van der Waals surface area contributed by atoms with Gasteiger partial charge in [0, 0.05) is 11.7 Å². The van der Waals surface area contributed by atoms with Crippen LogP contribution in [-0.4, -0.2) is 37.1 Å². The second-order valence-corrected chi connectivity index (χ2v) is 9.57. The first-order chi connectivity index (χ1) is 14.8. The van der Waals surface area contributed by atoms with Gasteiger partial charge in [0.05, 0.1) is 17.9 Å². The molecule has 1 saturated carbocycles. The van der Waals surface area contributed by atoms with Crippen LogP contribution in [-0.2, 0) is 26.0 Å². The highest BCUT2D eigenvalue weighted by Gasteiger charge is 2.34. The van der Waals surface area contributed by atoms with Crippen LogP contribution in [0.5, 0.6) is 0 Å². The average Bonchev–Trinajstić information content (AvgIpc) is 2.74. The molecule has 31 heavy (non-hydrogen) atoms. The maximum atomic E-state index is 13.3. The number of nitrogens with two attached hydrogens (primary N) is 1. The summed E-state index contributed by atoms with van der Waals surface area (Å²) >= 11 is 0. The molecule has 0 spiro atoms. The van der Waals surface area contributed by atoms with Crippen molar-refractivity contribution < 1.29 is 22.4 Å². The van der Waals surface area contributed by atoms with Crippen LogP contribution in [0.4, 0.5) is 10.1 Å². The number of rotatable bonds is 8. The highest BCUT2D eigenvalue weighted by atomic mass is 32.2. The fourth-order valence-electron chi connectivity index (χ4n) is 3.77. The van der Waals surface area contributed by atoms with Crippen molar-refractivity contribution in [3.05, 3.63) is 59.9 Å². The lowest BCUT2D eigenvalue weighted by Gasteiger charge is -2.33. The minimum absolute atomic E-state index is 0.0388. The van der Waals surface area contributed by atoms with Crippen LogP contribution in [0.15, 0.2) is 53.4 Å². The van der Waals surface area contributed by atoms with Crippen molar-refractivity contribution in [3.63, 3.8) is 0 Å². The standard InChI is InChI=1S/C22H26FN3O4S/c23-17-8-12-20(13-9-17)31(29,30)26(19-4-2-1-3-5-19)15-22(28)25-18-10-6-16(7-11-18)14-21(24)27/h6-13,19H,1-5,14-15H2,(H2,24,27)(H,25,28). The number of primary amides is 1. The fraction of sp³-hybridized carbons (Fsp3) is 0.364. The molecule has 3 rings (SSSR count).